The number of hydrogen-bond acceptors (Lipinski definition) is 26. The fourth-order valence-corrected chi connectivity index (χ4v) is 14.5. The van der Waals surface area contributed by atoms with Crippen LogP contribution in [0.3, 0.4) is 0 Å². The summed E-state index contributed by atoms with van der Waals surface area (Å²) in [6, 6.07) is 6.39. The fourth-order valence-electron chi connectivity index (χ4n) is 13.9. The Bertz CT molecular complexity index is 3440. The molecule has 10 rings (SSSR count). The van der Waals surface area contributed by atoms with Crippen LogP contribution in [0, 0.1) is 34.5 Å². The topological polar surface area (TPSA) is 354 Å². The Balaban J connectivity index is 0.760. The summed E-state index contributed by atoms with van der Waals surface area (Å²) in [4.78, 5) is 83.2. The third-order valence-corrected chi connectivity index (χ3v) is 19.6. The van der Waals surface area contributed by atoms with Gasteiger partial charge in [0.25, 0.3) is 16.3 Å². The second-order valence-electron chi connectivity index (χ2n) is 25.4. The number of hydrogen-bond donors (Lipinski definition) is 5. The van der Waals surface area contributed by atoms with Gasteiger partial charge in [-0.2, -0.15) is 10.5 Å². The zero-order valence-corrected chi connectivity index (χ0v) is 55.5. The van der Waals surface area contributed by atoms with Crippen molar-refractivity contribution in [3.05, 3.63) is 37.2 Å². The zero-order chi connectivity index (χ0) is 67.2. The Morgan fingerprint density at radius 1 is 0.723 bits per heavy atom. The quantitative estimate of drug-likeness (QED) is 0.0853. The number of nitrogens with one attached hydrogen (secondary N) is 1. The highest BCUT2D eigenvalue weighted by Crippen LogP contribution is 2.36. The molecular weight excluding hydrogens is 1260 g/mol. The number of aromatic nitrogens is 6. The van der Waals surface area contributed by atoms with E-state index in [0.29, 0.717) is 73.8 Å². The molecule has 5 N–H and O–H groups in total. The highest BCUT2D eigenvalue weighted by molar-refractivity contribution is 7.80. The van der Waals surface area contributed by atoms with Crippen LogP contribution in [0.15, 0.2) is 37.2 Å². The van der Waals surface area contributed by atoms with E-state index in [4.69, 9.17) is 67.8 Å². The molecular formula is C62H85N15O15S2. The van der Waals surface area contributed by atoms with Crippen molar-refractivity contribution in [1.29, 1.82) is 10.5 Å². The molecule has 0 aliphatic carbocycles. The molecule has 0 bridgehead atoms. The second kappa shape index (κ2) is 30.9. The van der Waals surface area contributed by atoms with Gasteiger partial charge in [-0.15, -0.1) is 0 Å². The molecule has 4 aromatic rings. The van der Waals surface area contributed by atoms with E-state index in [1.807, 2.05) is 44.6 Å². The lowest BCUT2D eigenvalue weighted by molar-refractivity contribution is -0.342. The highest BCUT2D eigenvalue weighted by Gasteiger charge is 2.54. The first-order valence-electron chi connectivity index (χ1n) is 32.0. The van der Waals surface area contributed by atoms with E-state index in [0.717, 1.165) is 44.3 Å². The van der Waals surface area contributed by atoms with Gasteiger partial charge in [-0.25, -0.2) is 19.9 Å². The van der Waals surface area contributed by atoms with Gasteiger partial charge in [0.2, 0.25) is 17.7 Å². The van der Waals surface area contributed by atoms with Gasteiger partial charge in [-0.1, -0.05) is 6.92 Å². The number of carbonyl (C=O) groups excluding carboxylic acids is 4. The van der Waals surface area contributed by atoms with Gasteiger partial charge in [-0.05, 0) is 87.9 Å². The number of aliphatic hydroxyl groups is 4. The monoisotopic (exact) mass is 1340 g/mol. The first-order chi connectivity index (χ1) is 45.1. The largest absolute Gasteiger partial charge is 0.467 e. The Hall–Kier alpha value is -6.92. The molecule has 4 aromatic heterocycles. The molecule has 30 nitrogen and oxygen atoms in total. The van der Waals surface area contributed by atoms with Crippen LogP contribution in [-0.4, -0.2) is 282 Å². The molecule has 0 spiro atoms. The van der Waals surface area contributed by atoms with Crippen molar-refractivity contribution in [3.63, 3.8) is 0 Å². The lowest BCUT2D eigenvalue weighted by Crippen LogP contribution is -2.69. The number of likely N-dealkylation sites (N-methyl/N-ethyl adjacent to an activating group) is 2. The molecule has 6 saturated heterocycles. The number of carbonyl (C=O) groups is 4. The molecule has 6 fully saturated rings. The number of methoxy groups -OCH3 is 1. The number of fused-ring (bicyclic) bond motifs is 2. The van der Waals surface area contributed by atoms with Gasteiger partial charge >= 0.3 is 0 Å². The summed E-state index contributed by atoms with van der Waals surface area (Å²) < 4.78 is 45.7. The SMILES string of the molecule is CO[C@@H]1OC(CO)[C@@H](O)C(O[C@@H]2OC(C(=O)N3CCC(OC(=S)n4ccc5c(N(C)[C@H]6CN(C(=O)CC#N)CC[C@H]6CN6CCC(OC(=S)n7ccc8c(N(C)[C@H]9CN(C(=O)CC#N)CC[C@H]9C)ncnc87)CC6)ncnc54)CC3)[C@@H](OC(C)C)C(O)C2O)C1NC(C)=O. The van der Waals surface area contributed by atoms with E-state index in [9.17, 15) is 44.9 Å². The van der Waals surface area contributed by atoms with Crippen molar-refractivity contribution < 1.29 is 72.8 Å². The minimum Gasteiger partial charge on any atom is -0.467 e. The summed E-state index contributed by atoms with van der Waals surface area (Å²) >= 11 is 11.9. The summed E-state index contributed by atoms with van der Waals surface area (Å²) in [5, 5.41) is 67.4. The van der Waals surface area contributed by atoms with Gasteiger partial charge in [-0.3, -0.25) is 28.3 Å². The molecule has 32 heteroatoms. The Labute approximate surface area is 555 Å². The molecule has 14 atom stereocenters. The molecule has 0 aromatic carbocycles. The molecule has 10 heterocycles. The van der Waals surface area contributed by atoms with Crippen LogP contribution in [0.25, 0.3) is 22.1 Å². The lowest BCUT2D eigenvalue weighted by atomic mass is 9.88. The van der Waals surface area contributed by atoms with E-state index in [-0.39, 0.29) is 78.1 Å². The summed E-state index contributed by atoms with van der Waals surface area (Å²) in [5.74, 6) is 0.191. The molecule has 6 aliphatic heterocycles. The maximum Gasteiger partial charge on any atom is 0.269 e. The third-order valence-electron chi connectivity index (χ3n) is 19.1. The number of rotatable bonds is 18. The number of likely N-dealkylation sites (tertiary alicyclic amines) is 4. The minimum absolute atomic E-state index is 0.0240. The Morgan fingerprint density at radius 3 is 1.79 bits per heavy atom. The number of nitrogens with zero attached hydrogens (tertiary/aromatic N) is 14. The summed E-state index contributed by atoms with van der Waals surface area (Å²) in [6.45, 7) is 10.7. The maximum absolute atomic E-state index is 14.5. The lowest BCUT2D eigenvalue weighted by Gasteiger charge is -2.48. The predicted molar refractivity (Wildman–Crippen MR) is 344 cm³/mol. The normalized spacial score (nSPS) is 29.0. The van der Waals surface area contributed by atoms with Gasteiger partial charge in [0.1, 0.15) is 92.0 Å². The van der Waals surface area contributed by atoms with Gasteiger partial charge in [0.15, 0.2) is 30.0 Å². The van der Waals surface area contributed by atoms with E-state index in [1.54, 1.807) is 39.0 Å². The van der Waals surface area contributed by atoms with Crippen LogP contribution in [-0.2, 0) is 52.3 Å². The average molecular weight is 1340 g/mol. The van der Waals surface area contributed by atoms with E-state index >= 15 is 0 Å². The van der Waals surface area contributed by atoms with Crippen molar-refractivity contribution in [2.75, 3.05) is 96.5 Å². The molecule has 6 aliphatic rings. The molecule has 4 amide bonds. The molecule has 94 heavy (non-hydrogen) atoms. The predicted octanol–water partition coefficient (Wildman–Crippen LogP) is 0.639. The number of ether oxygens (including phenoxy) is 7. The van der Waals surface area contributed by atoms with Crippen molar-refractivity contribution in [2.45, 2.75) is 171 Å². The van der Waals surface area contributed by atoms with E-state index < -0.39 is 92.0 Å². The van der Waals surface area contributed by atoms with Crippen LogP contribution >= 0.6 is 24.4 Å². The minimum atomic E-state index is -1.79. The van der Waals surface area contributed by atoms with Crippen LogP contribution in [0.4, 0.5) is 11.6 Å². The average Bonchev–Trinajstić information content (AvgIpc) is 1.31. The van der Waals surface area contributed by atoms with Crippen LogP contribution in [0.5, 0.6) is 0 Å². The van der Waals surface area contributed by atoms with Gasteiger partial charge < -0.3 is 88.3 Å². The maximum atomic E-state index is 14.5. The number of anilines is 2. The van der Waals surface area contributed by atoms with Crippen LogP contribution in [0.2, 0.25) is 0 Å². The smallest absolute Gasteiger partial charge is 0.269 e. The number of piperidine rings is 4. The zero-order valence-electron chi connectivity index (χ0n) is 53.9. The standard InChI is InChI=1S/C62H85N15O15S2/c1-34(2)87-52-49(83)50(84)60(91-51-47(69-36(4)79)59(86-7)90-44(31-78)48(51)82)92-53(52)58(85)73-24-14-39(15-25-73)89-62(94)77-27-17-41-55(66-33-68-57(41)77)71(6)43-30-75(46(81)9-19-64)23-11-37(43)28-72-20-12-38(13-21-72)88-61(93)76-26-16-40-54(65-32-67-56(40)76)70(5)42-29-74(22-10-35(42)3)45(80)8-18-63/h16-17,26-27,32-35,37-39,42-44,47-53,59-60,78,82-84H,8-15,20-25,28-31H2,1-7H3,(H,69,79)/t35-,37+,42+,43+,44?,47?,48-,49?,50?,51?,52+,53?,59-,60-/m1/s1. The van der Waals surface area contributed by atoms with Crippen molar-refractivity contribution in [1.82, 2.24) is 54.0 Å². The summed E-state index contributed by atoms with van der Waals surface area (Å²) in [5.41, 5.74) is 1.10. The fraction of sp³-hybridized carbons (Fsp3) is 0.677. The first kappa shape index (κ1) is 69.9. The molecule has 6 unspecified atom stereocenters. The molecule has 0 saturated carbocycles. The number of aliphatic hydroxyl groups excluding tert-OH is 4. The van der Waals surface area contributed by atoms with E-state index in [1.165, 1.54) is 31.6 Å². The van der Waals surface area contributed by atoms with Gasteiger partial charge in [0, 0.05) is 112 Å². The Kier molecular flexibility index (Phi) is 23.0. The number of amides is 4. The van der Waals surface area contributed by atoms with Crippen LogP contribution < -0.4 is 15.1 Å². The van der Waals surface area contributed by atoms with Crippen molar-refractivity contribution >= 4 is 92.1 Å². The molecule has 510 valence electrons. The first-order valence-corrected chi connectivity index (χ1v) is 32.8. The number of thiocarbonyl (C=S) groups is 2. The van der Waals surface area contributed by atoms with Crippen molar-refractivity contribution in [2.24, 2.45) is 11.8 Å². The summed E-state index contributed by atoms with van der Waals surface area (Å²) in [7, 11) is 5.23. The number of nitriles is 2. The summed E-state index contributed by atoms with van der Waals surface area (Å²) in [6.07, 6.45) is -4.75. The second-order valence-corrected chi connectivity index (χ2v) is 26.1. The highest BCUT2D eigenvalue weighted by atomic mass is 32.1. The Morgan fingerprint density at radius 2 is 1.26 bits per heavy atom. The van der Waals surface area contributed by atoms with Crippen LogP contribution in [0.1, 0.15) is 79.1 Å². The van der Waals surface area contributed by atoms with Crippen molar-refractivity contribution in [3.8, 4) is 12.1 Å². The van der Waals surface area contributed by atoms with E-state index in [2.05, 4.69) is 41.9 Å². The molecule has 0 radical (unpaired) electrons. The third kappa shape index (κ3) is 15.2. The van der Waals surface area contributed by atoms with Gasteiger partial charge in [0.05, 0.1) is 47.7 Å².